The largest absolute Gasteiger partial charge is 0.493 e. The van der Waals surface area contributed by atoms with Gasteiger partial charge >= 0.3 is 6.09 Å². The molecule has 4 aromatic rings. The van der Waals surface area contributed by atoms with Gasteiger partial charge in [0.15, 0.2) is 11.5 Å². The maximum Gasteiger partial charge on any atom is 0.425 e. The third kappa shape index (κ3) is 7.89. The van der Waals surface area contributed by atoms with Crippen molar-refractivity contribution in [1.82, 2.24) is 19.8 Å². The Morgan fingerprint density at radius 2 is 1.67 bits per heavy atom. The number of para-hydroxylation sites is 1. The molecule has 1 N–H and O–H groups in total. The number of anilines is 4. The number of nitrogens with zero attached hydrogens (tertiary/aromatic N) is 5. The van der Waals surface area contributed by atoms with Crippen molar-refractivity contribution in [2.75, 3.05) is 63.7 Å². The van der Waals surface area contributed by atoms with Crippen LogP contribution in [0.25, 0.3) is 0 Å². The van der Waals surface area contributed by atoms with Crippen LogP contribution < -0.4 is 24.4 Å². The van der Waals surface area contributed by atoms with E-state index in [1.54, 1.807) is 24.3 Å². The molecule has 10 heteroatoms. The molecule has 0 radical (unpaired) electrons. The number of nitrogens with one attached hydrogen (secondary N) is 1. The molecule has 0 bridgehead atoms. The summed E-state index contributed by atoms with van der Waals surface area (Å²) in [5.74, 6) is 1.66. The van der Waals surface area contributed by atoms with Crippen molar-refractivity contribution in [3.63, 3.8) is 0 Å². The summed E-state index contributed by atoms with van der Waals surface area (Å²) in [7, 11) is 3.76. The van der Waals surface area contributed by atoms with Crippen LogP contribution >= 0.6 is 0 Å². The summed E-state index contributed by atoms with van der Waals surface area (Å²) in [6.07, 6.45) is 0.981. The van der Waals surface area contributed by atoms with Crippen LogP contribution in [0.1, 0.15) is 22.3 Å². The normalized spacial score (nSPS) is 13.7. The maximum absolute atomic E-state index is 13.8. The van der Waals surface area contributed by atoms with Crippen LogP contribution in [-0.2, 0) is 0 Å². The molecule has 2 heterocycles. The monoisotopic (exact) mass is 610 g/mol. The quantitative estimate of drug-likeness (QED) is 0.218. The van der Waals surface area contributed by atoms with E-state index in [0.29, 0.717) is 23.8 Å². The smallest absolute Gasteiger partial charge is 0.425 e. The SMILES string of the molecule is COc1cc(Nc2nccc(OC(=O)N(c3ccc(C)cc3C)c3c(C)cccc3C)n2)ccc1OCCN1CCN(C)CC1. The van der Waals surface area contributed by atoms with E-state index >= 15 is 0 Å². The summed E-state index contributed by atoms with van der Waals surface area (Å²) in [4.78, 5) is 29.0. The highest BCUT2D eigenvalue weighted by molar-refractivity contribution is 5.99. The van der Waals surface area contributed by atoms with Crippen LogP contribution in [0, 0.1) is 27.7 Å². The Hall–Kier alpha value is -4.67. The molecule has 1 aliphatic heterocycles. The van der Waals surface area contributed by atoms with Crippen molar-refractivity contribution in [1.29, 1.82) is 0 Å². The zero-order valence-electron chi connectivity index (χ0n) is 27.0. The highest BCUT2D eigenvalue weighted by Crippen LogP contribution is 2.35. The molecule has 1 aliphatic rings. The van der Waals surface area contributed by atoms with E-state index in [1.807, 2.05) is 82.3 Å². The van der Waals surface area contributed by atoms with Gasteiger partial charge in [0.1, 0.15) is 6.61 Å². The predicted octanol–water partition coefficient (Wildman–Crippen LogP) is 6.43. The van der Waals surface area contributed by atoms with Crippen LogP contribution in [0.2, 0.25) is 0 Å². The molecule has 1 saturated heterocycles. The molecule has 0 spiro atoms. The van der Waals surface area contributed by atoms with Crippen LogP contribution in [0.15, 0.2) is 66.9 Å². The van der Waals surface area contributed by atoms with Crippen LogP contribution in [0.5, 0.6) is 17.4 Å². The number of amides is 1. The van der Waals surface area contributed by atoms with E-state index in [2.05, 4.69) is 32.1 Å². The van der Waals surface area contributed by atoms with E-state index in [9.17, 15) is 4.79 Å². The Morgan fingerprint density at radius 3 is 2.38 bits per heavy atom. The molecular weight excluding hydrogens is 568 g/mol. The molecule has 1 aromatic heterocycles. The van der Waals surface area contributed by atoms with Gasteiger partial charge in [-0.05, 0) is 69.6 Å². The minimum atomic E-state index is -0.566. The second-order valence-corrected chi connectivity index (χ2v) is 11.4. The number of likely N-dealkylation sites (N-methyl/N-ethyl adjacent to an activating group) is 1. The first-order valence-corrected chi connectivity index (χ1v) is 15.2. The Labute approximate surface area is 265 Å². The van der Waals surface area contributed by atoms with Crippen molar-refractivity contribution in [3.8, 4) is 17.4 Å². The lowest BCUT2D eigenvalue weighted by Crippen LogP contribution is -2.45. The number of piperazine rings is 1. The summed E-state index contributed by atoms with van der Waals surface area (Å²) >= 11 is 0. The number of benzene rings is 3. The molecule has 10 nitrogen and oxygen atoms in total. The first-order chi connectivity index (χ1) is 21.7. The highest BCUT2D eigenvalue weighted by atomic mass is 16.6. The first kappa shape index (κ1) is 31.7. The van der Waals surface area contributed by atoms with E-state index < -0.39 is 6.09 Å². The van der Waals surface area contributed by atoms with Crippen LogP contribution in [0.3, 0.4) is 0 Å². The summed E-state index contributed by atoms with van der Waals surface area (Å²) < 4.78 is 17.5. The Balaban J connectivity index is 1.29. The number of methoxy groups -OCH3 is 1. The average Bonchev–Trinajstić information content (AvgIpc) is 3.01. The van der Waals surface area contributed by atoms with Gasteiger partial charge in [-0.2, -0.15) is 4.98 Å². The van der Waals surface area contributed by atoms with Gasteiger partial charge < -0.3 is 24.4 Å². The fourth-order valence-corrected chi connectivity index (χ4v) is 5.47. The Morgan fingerprint density at radius 1 is 0.911 bits per heavy atom. The van der Waals surface area contributed by atoms with E-state index in [4.69, 9.17) is 14.2 Å². The molecule has 236 valence electrons. The number of aryl methyl sites for hydroxylation is 4. The molecule has 1 amide bonds. The lowest BCUT2D eigenvalue weighted by molar-refractivity contribution is 0.133. The summed E-state index contributed by atoms with van der Waals surface area (Å²) in [6, 6.07) is 19.0. The predicted molar refractivity (Wildman–Crippen MR) is 178 cm³/mol. The third-order valence-electron chi connectivity index (χ3n) is 7.94. The van der Waals surface area contributed by atoms with Gasteiger partial charge in [0.2, 0.25) is 11.8 Å². The zero-order valence-corrected chi connectivity index (χ0v) is 27.0. The second-order valence-electron chi connectivity index (χ2n) is 11.4. The molecule has 0 aliphatic carbocycles. The highest BCUT2D eigenvalue weighted by Gasteiger charge is 2.25. The van der Waals surface area contributed by atoms with Gasteiger partial charge in [-0.25, -0.2) is 14.7 Å². The van der Waals surface area contributed by atoms with Crippen molar-refractivity contribution < 1.29 is 19.0 Å². The number of hydrogen-bond donors (Lipinski definition) is 1. The summed E-state index contributed by atoms with van der Waals surface area (Å²) in [5, 5.41) is 3.18. The van der Waals surface area contributed by atoms with Crippen molar-refractivity contribution in [3.05, 3.63) is 89.1 Å². The number of rotatable bonds is 10. The fourth-order valence-electron chi connectivity index (χ4n) is 5.47. The maximum atomic E-state index is 13.8. The van der Waals surface area contributed by atoms with Gasteiger partial charge in [-0.15, -0.1) is 0 Å². The lowest BCUT2D eigenvalue weighted by Gasteiger charge is -2.32. The minimum Gasteiger partial charge on any atom is -0.493 e. The van der Waals surface area contributed by atoms with Gasteiger partial charge in [0, 0.05) is 56.7 Å². The zero-order chi connectivity index (χ0) is 31.9. The van der Waals surface area contributed by atoms with Crippen molar-refractivity contribution >= 4 is 29.1 Å². The standard InChI is InChI=1S/C35H42N6O4/c1-24-10-12-29(27(4)22-24)41(33-25(2)8-7-9-26(33)3)35(42)45-32-14-15-36-34(38-32)37-28-11-13-30(31(23-28)43-6)44-21-20-40-18-16-39(5)17-19-40/h7-15,22-23H,16-21H2,1-6H3,(H,36,37,38). The van der Waals surface area contributed by atoms with Crippen LogP contribution in [-0.4, -0.2) is 79.3 Å². The Bertz CT molecular complexity index is 1620. The average molecular weight is 611 g/mol. The van der Waals surface area contributed by atoms with Gasteiger partial charge in [-0.1, -0.05) is 35.9 Å². The van der Waals surface area contributed by atoms with Crippen molar-refractivity contribution in [2.45, 2.75) is 27.7 Å². The van der Waals surface area contributed by atoms with Crippen molar-refractivity contribution in [2.24, 2.45) is 0 Å². The number of hydrogen-bond acceptors (Lipinski definition) is 9. The molecule has 1 fully saturated rings. The van der Waals surface area contributed by atoms with E-state index in [1.165, 1.54) is 0 Å². The van der Waals surface area contributed by atoms with Gasteiger partial charge in [-0.3, -0.25) is 4.90 Å². The second kappa shape index (κ2) is 14.4. The summed E-state index contributed by atoms with van der Waals surface area (Å²) in [5.41, 5.74) is 6.21. The topological polar surface area (TPSA) is 92.3 Å². The minimum absolute atomic E-state index is 0.120. The van der Waals surface area contributed by atoms with Gasteiger partial charge in [0.25, 0.3) is 0 Å². The molecule has 0 unspecified atom stereocenters. The van der Waals surface area contributed by atoms with Crippen LogP contribution in [0.4, 0.5) is 27.8 Å². The number of carbonyl (C=O) groups excluding carboxylic acids is 1. The molecule has 45 heavy (non-hydrogen) atoms. The Kier molecular flexibility index (Phi) is 10.2. The van der Waals surface area contributed by atoms with Gasteiger partial charge in [0.05, 0.1) is 18.5 Å². The van der Waals surface area contributed by atoms with E-state index in [-0.39, 0.29) is 11.8 Å². The van der Waals surface area contributed by atoms with E-state index in [0.717, 1.165) is 66.4 Å². The number of ether oxygens (including phenoxy) is 3. The fraction of sp³-hybridized carbons (Fsp3) is 0.343. The molecule has 3 aromatic carbocycles. The molecule has 0 atom stereocenters. The lowest BCUT2D eigenvalue weighted by atomic mass is 10.0. The first-order valence-electron chi connectivity index (χ1n) is 15.2. The summed E-state index contributed by atoms with van der Waals surface area (Å²) in [6.45, 7) is 13.7. The molecule has 0 saturated carbocycles. The third-order valence-corrected chi connectivity index (χ3v) is 7.94. The number of carbonyl (C=O) groups is 1. The molecule has 5 rings (SSSR count). The molecular formula is C35H42N6O4. The number of aromatic nitrogens is 2.